The largest absolute Gasteiger partial charge is 0.352 e. The number of nitrogens with zero attached hydrogens (tertiary/aromatic N) is 5. The van der Waals surface area contributed by atoms with Crippen LogP contribution in [0.1, 0.15) is 17.0 Å². The molecule has 0 saturated carbocycles. The molecule has 0 aliphatic rings. The Hall–Kier alpha value is -4.27. The van der Waals surface area contributed by atoms with Crippen LogP contribution in [0.4, 0.5) is 5.69 Å². The van der Waals surface area contributed by atoms with Crippen LogP contribution in [-0.2, 0) is 19.6 Å². The zero-order valence-corrected chi connectivity index (χ0v) is 16.7. The number of pyridine rings is 1. The highest BCUT2D eigenvalue weighted by Gasteiger charge is 2.08. The summed E-state index contributed by atoms with van der Waals surface area (Å²) in [6.07, 6.45) is 1.91. The van der Waals surface area contributed by atoms with E-state index in [1.807, 2.05) is 59.1 Å². The van der Waals surface area contributed by atoms with Gasteiger partial charge in [-0.2, -0.15) is 0 Å². The van der Waals surface area contributed by atoms with E-state index < -0.39 is 4.92 Å². The number of benzene rings is 2. The monoisotopic (exact) mass is 415 g/mol. The summed E-state index contributed by atoms with van der Waals surface area (Å²) in [5.41, 5.74) is 2.85. The molecule has 0 atom stereocenters. The molecule has 0 amide bonds. The van der Waals surface area contributed by atoms with Gasteiger partial charge in [0.2, 0.25) is 0 Å². The Kier molecular flexibility index (Phi) is 6.13. The molecule has 0 fully saturated rings. The van der Waals surface area contributed by atoms with Gasteiger partial charge < -0.3 is 10.6 Å². The second-order valence-electron chi connectivity index (χ2n) is 6.83. The van der Waals surface area contributed by atoms with Gasteiger partial charge in [0.1, 0.15) is 0 Å². The number of nitro groups is 1. The number of non-ortho nitro benzene ring substituents is 1. The van der Waals surface area contributed by atoms with Crippen molar-refractivity contribution in [1.29, 1.82) is 0 Å². The molecule has 0 spiro atoms. The molecular formula is C22H21N7O2. The number of rotatable bonds is 7. The van der Waals surface area contributed by atoms with E-state index in [-0.39, 0.29) is 5.69 Å². The average Bonchev–Trinajstić information content (AvgIpc) is 3.22. The van der Waals surface area contributed by atoms with Gasteiger partial charge in [-0.3, -0.25) is 14.5 Å². The van der Waals surface area contributed by atoms with E-state index >= 15 is 0 Å². The predicted octanol–water partition coefficient (Wildman–Crippen LogP) is 3.07. The van der Waals surface area contributed by atoms with Crippen molar-refractivity contribution in [2.45, 2.75) is 19.6 Å². The van der Waals surface area contributed by atoms with Crippen LogP contribution in [0.5, 0.6) is 0 Å². The van der Waals surface area contributed by atoms with Crippen LogP contribution in [0.15, 0.2) is 84.0 Å². The Balaban J connectivity index is 1.46. The fourth-order valence-electron chi connectivity index (χ4n) is 3.02. The lowest BCUT2D eigenvalue weighted by molar-refractivity contribution is -0.384. The molecule has 2 heterocycles. The van der Waals surface area contributed by atoms with Crippen LogP contribution in [0.25, 0.3) is 5.65 Å². The minimum absolute atomic E-state index is 0.0681. The van der Waals surface area contributed by atoms with Gasteiger partial charge in [-0.05, 0) is 23.3 Å². The Morgan fingerprint density at radius 3 is 2.42 bits per heavy atom. The Morgan fingerprint density at radius 2 is 1.65 bits per heavy atom. The van der Waals surface area contributed by atoms with Crippen molar-refractivity contribution in [3.05, 3.63) is 106 Å². The van der Waals surface area contributed by atoms with E-state index in [2.05, 4.69) is 25.8 Å². The summed E-state index contributed by atoms with van der Waals surface area (Å²) in [5, 5.41) is 25.8. The van der Waals surface area contributed by atoms with E-state index in [4.69, 9.17) is 0 Å². The van der Waals surface area contributed by atoms with Crippen LogP contribution < -0.4 is 10.6 Å². The summed E-state index contributed by atoms with van der Waals surface area (Å²) >= 11 is 0. The zero-order valence-electron chi connectivity index (χ0n) is 16.7. The fourth-order valence-corrected chi connectivity index (χ4v) is 3.02. The van der Waals surface area contributed by atoms with Crippen LogP contribution >= 0.6 is 0 Å². The van der Waals surface area contributed by atoms with Crippen LogP contribution in [-0.4, -0.2) is 25.5 Å². The smallest absolute Gasteiger partial charge is 0.269 e. The molecule has 9 heteroatoms. The highest BCUT2D eigenvalue weighted by Crippen LogP contribution is 2.11. The van der Waals surface area contributed by atoms with Crippen LogP contribution in [0, 0.1) is 10.1 Å². The first kappa shape index (κ1) is 20.0. The minimum Gasteiger partial charge on any atom is -0.352 e. The van der Waals surface area contributed by atoms with Crippen molar-refractivity contribution >= 4 is 17.3 Å². The Bertz CT molecular complexity index is 1190. The lowest BCUT2D eigenvalue weighted by Crippen LogP contribution is -2.37. The first-order valence-electron chi connectivity index (χ1n) is 9.77. The predicted molar refractivity (Wildman–Crippen MR) is 117 cm³/mol. The molecule has 4 rings (SSSR count). The molecule has 31 heavy (non-hydrogen) atoms. The van der Waals surface area contributed by atoms with Gasteiger partial charge in [-0.25, -0.2) is 4.99 Å². The number of guanidine groups is 1. The second kappa shape index (κ2) is 9.49. The van der Waals surface area contributed by atoms with Crippen LogP contribution in [0.3, 0.4) is 0 Å². The van der Waals surface area contributed by atoms with Crippen molar-refractivity contribution in [3.63, 3.8) is 0 Å². The third kappa shape index (κ3) is 5.21. The summed E-state index contributed by atoms with van der Waals surface area (Å²) in [5.74, 6) is 1.37. The fraction of sp³-hybridized carbons (Fsp3) is 0.136. The lowest BCUT2D eigenvalue weighted by atomic mass is 10.2. The van der Waals surface area contributed by atoms with Gasteiger partial charge in [0.25, 0.3) is 5.69 Å². The van der Waals surface area contributed by atoms with E-state index in [9.17, 15) is 10.1 Å². The number of aliphatic imine (C=N–C) groups is 1. The van der Waals surface area contributed by atoms with Crippen molar-refractivity contribution in [2.24, 2.45) is 4.99 Å². The Morgan fingerprint density at radius 1 is 0.903 bits per heavy atom. The molecule has 2 aromatic carbocycles. The van der Waals surface area contributed by atoms with E-state index in [0.717, 1.165) is 22.6 Å². The van der Waals surface area contributed by atoms with Crippen LogP contribution in [0.2, 0.25) is 0 Å². The van der Waals surface area contributed by atoms with Gasteiger partial charge >= 0.3 is 0 Å². The lowest BCUT2D eigenvalue weighted by Gasteiger charge is -2.12. The number of nitro benzene ring substituents is 1. The molecule has 0 radical (unpaired) electrons. The zero-order chi connectivity index (χ0) is 21.5. The van der Waals surface area contributed by atoms with Gasteiger partial charge in [-0.1, -0.05) is 48.5 Å². The molecule has 0 aliphatic heterocycles. The van der Waals surface area contributed by atoms with E-state index in [0.29, 0.717) is 25.6 Å². The maximum absolute atomic E-state index is 10.8. The number of fused-ring (bicyclic) bond motifs is 1. The standard InChI is InChI=1S/C22H21N7O2/c30-29(31)19-11-9-18(10-12-19)15-24-22(23-14-17-6-2-1-3-7-17)25-16-21-27-26-20-8-4-5-13-28(20)21/h1-13H,14-16H2,(H2,23,24,25). The maximum Gasteiger partial charge on any atom is 0.269 e. The molecule has 0 saturated heterocycles. The van der Waals surface area contributed by atoms with Crippen molar-refractivity contribution in [1.82, 2.24) is 25.2 Å². The van der Waals surface area contributed by atoms with E-state index in [1.165, 1.54) is 12.1 Å². The summed E-state index contributed by atoms with van der Waals surface area (Å²) in [6, 6.07) is 22.1. The molecule has 0 aliphatic carbocycles. The molecule has 4 aromatic rings. The second-order valence-corrected chi connectivity index (χ2v) is 6.83. The number of hydrogen-bond acceptors (Lipinski definition) is 5. The molecule has 2 N–H and O–H groups in total. The normalized spacial score (nSPS) is 11.4. The minimum atomic E-state index is -0.408. The van der Waals surface area contributed by atoms with Gasteiger partial charge in [0, 0.05) is 24.9 Å². The third-order valence-electron chi connectivity index (χ3n) is 4.67. The summed E-state index contributed by atoms with van der Waals surface area (Å²) in [4.78, 5) is 15.1. The molecular weight excluding hydrogens is 394 g/mol. The number of nitrogens with one attached hydrogen (secondary N) is 2. The summed E-state index contributed by atoms with van der Waals surface area (Å²) in [6.45, 7) is 1.42. The van der Waals surface area contributed by atoms with Gasteiger partial charge in [-0.15, -0.1) is 10.2 Å². The summed E-state index contributed by atoms with van der Waals surface area (Å²) in [7, 11) is 0. The van der Waals surface area contributed by atoms with Crippen molar-refractivity contribution < 1.29 is 4.92 Å². The quantitative estimate of drug-likeness (QED) is 0.208. The van der Waals surface area contributed by atoms with Gasteiger partial charge in [0.05, 0.1) is 18.0 Å². The highest BCUT2D eigenvalue weighted by atomic mass is 16.6. The van der Waals surface area contributed by atoms with E-state index in [1.54, 1.807) is 12.1 Å². The molecule has 156 valence electrons. The first-order chi connectivity index (χ1) is 15.2. The van der Waals surface area contributed by atoms with Crippen molar-refractivity contribution in [2.75, 3.05) is 0 Å². The summed E-state index contributed by atoms with van der Waals surface area (Å²) < 4.78 is 1.91. The first-order valence-corrected chi connectivity index (χ1v) is 9.77. The number of hydrogen-bond donors (Lipinski definition) is 2. The third-order valence-corrected chi connectivity index (χ3v) is 4.67. The highest BCUT2D eigenvalue weighted by molar-refractivity contribution is 5.79. The maximum atomic E-state index is 10.8. The SMILES string of the molecule is O=[N+]([O-])c1ccc(CNC(=NCc2ccccc2)NCc2nnc3ccccn23)cc1. The number of aromatic nitrogens is 3. The molecule has 0 unspecified atom stereocenters. The van der Waals surface area contributed by atoms with Gasteiger partial charge in [0.15, 0.2) is 17.4 Å². The topological polar surface area (TPSA) is 110 Å². The molecule has 9 nitrogen and oxygen atoms in total. The molecule has 2 aromatic heterocycles. The van der Waals surface area contributed by atoms with Crippen molar-refractivity contribution in [3.8, 4) is 0 Å². The average molecular weight is 415 g/mol. The molecule has 0 bridgehead atoms. The Labute approximate surface area is 178 Å².